The summed E-state index contributed by atoms with van der Waals surface area (Å²) in [7, 11) is 3.96. The molecule has 2 rings (SSSR count). The Hall–Kier alpha value is -1.36. The first-order valence-corrected chi connectivity index (χ1v) is 7.19. The molecule has 0 saturated carbocycles. The molecule has 0 bridgehead atoms. The van der Waals surface area contributed by atoms with Crippen molar-refractivity contribution in [2.24, 2.45) is 7.05 Å². The monoisotopic (exact) mass is 325 g/mol. The molecule has 0 N–H and O–H groups in total. The van der Waals surface area contributed by atoms with E-state index in [-0.39, 0.29) is 5.82 Å². The number of benzene rings is 1. The number of nitrogens with zero attached hydrogens (tertiary/aromatic N) is 3. The Labute approximate surface area is 121 Å². The topological polar surface area (TPSA) is 21.1 Å². The number of aryl methyl sites for hydroxylation is 2. The Morgan fingerprint density at radius 2 is 1.95 bits per heavy atom. The molecule has 19 heavy (non-hydrogen) atoms. The molecule has 0 aliphatic rings. The van der Waals surface area contributed by atoms with Gasteiger partial charge >= 0.3 is 0 Å². The molecule has 0 fully saturated rings. The van der Waals surface area contributed by atoms with Gasteiger partial charge in [-0.15, -0.1) is 0 Å². The average Bonchev–Trinajstić information content (AvgIpc) is 2.66. The third-order valence-electron chi connectivity index (χ3n) is 3.14. The minimum atomic E-state index is -0.205. The molecule has 2 aromatic rings. The Morgan fingerprint density at radius 3 is 2.53 bits per heavy atom. The fourth-order valence-electron chi connectivity index (χ4n) is 2.26. The molecule has 0 spiro atoms. The summed E-state index contributed by atoms with van der Waals surface area (Å²) in [4.78, 5) is 2.13. The van der Waals surface area contributed by atoms with Crippen LogP contribution in [-0.2, 0) is 18.9 Å². The van der Waals surface area contributed by atoms with E-state index in [2.05, 4.69) is 25.9 Å². The summed E-state index contributed by atoms with van der Waals surface area (Å²) in [5, 5.41) is 5.22. The quantitative estimate of drug-likeness (QED) is 0.803. The van der Waals surface area contributed by atoms with Crippen LogP contribution in [-0.4, -0.2) is 16.8 Å². The van der Waals surface area contributed by atoms with E-state index in [1.54, 1.807) is 0 Å². The first-order valence-electron chi connectivity index (χ1n) is 6.07. The van der Waals surface area contributed by atoms with Crippen LogP contribution in [0, 0.1) is 12.7 Å². The molecule has 0 saturated heterocycles. The maximum Gasteiger partial charge on any atom is 0.130 e. The van der Waals surface area contributed by atoms with Crippen LogP contribution in [0.5, 0.6) is 0 Å². The minimum absolute atomic E-state index is 0.205. The molecule has 1 heterocycles. The molecule has 5 heteroatoms. The number of aromatic nitrogens is 2. The molecule has 0 radical (unpaired) electrons. The van der Waals surface area contributed by atoms with E-state index >= 15 is 0 Å². The molecule has 0 aliphatic carbocycles. The van der Waals surface area contributed by atoms with Gasteiger partial charge in [-0.3, -0.25) is 4.68 Å². The highest BCUT2D eigenvalue weighted by Crippen LogP contribution is 2.25. The van der Waals surface area contributed by atoms with Crippen LogP contribution in [0.4, 0.5) is 10.2 Å². The van der Waals surface area contributed by atoms with Crippen molar-refractivity contribution in [2.45, 2.75) is 18.8 Å². The summed E-state index contributed by atoms with van der Waals surface area (Å²) in [5.74, 6) is 0.877. The smallest absolute Gasteiger partial charge is 0.130 e. The lowest BCUT2D eigenvalue weighted by Gasteiger charge is -2.20. The van der Waals surface area contributed by atoms with E-state index in [1.807, 2.05) is 37.8 Å². The predicted octanol–water partition coefficient (Wildman–Crippen LogP) is 3.40. The Morgan fingerprint density at radius 1 is 1.32 bits per heavy atom. The second kappa shape index (κ2) is 5.74. The molecule has 0 unspecified atom stereocenters. The molecule has 1 aromatic heterocycles. The molecule has 0 amide bonds. The fraction of sp³-hybridized carbons (Fsp3) is 0.357. The van der Waals surface area contributed by atoms with Crippen LogP contribution >= 0.6 is 15.9 Å². The highest BCUT2D eigenvalue weighted by atomic mass is 79.9. The molecular weight excluding hydrogens is 309 g/mol. The molecule has 1 aromatic carbocycles. The highest BCUT2D eigenvalue weighted by molar-refractivity contribution is 9.08. The average molecular weight is 326 g/mol. The summed E-state index contributed by atoms with van der Waals surface area (Å²) in [5.41, 5.74) is 3.29. The summed E-state index contributed by atoms with van der Waals surface area (Å²) in [6, 6.07) is 6.60. The van der Waals surface area contributed by atoms with Crippen molar-refractivity contribution < 1.29 is 4.39 Å². The zero-order valence-corrected chi connectivity index (χ0v) is 12.9. The number of anilines is 1. The summed E-state index contributed by atoms with van der Waals surface area (Å²) >= 11 is 3.51. The Bertz CT molecular complexity index is 563. The minimum Gasteiger partial charge on any atom is -0.355 e. The lowest BCUT2D eigenvalue weighted by atomic mass is 10.2. The van der Waals surface area contributed by atoms with Crippen molar-refractivity contribution in [3.8, 4) is 0 Å². The van der Waals surface area contributed by atoms with Crippen LogP contribution in [0.3, 0.4) is 0 Å². The van der Waals surface area contributed by atoms with E-state index < -0.39 is 0 Å². The normalized spacial score (nSPS) is 10.8. The zero-order chi connectivity index (χ0) is 14.0. The summed E-state index contributed by atoms with van der Waals surface area (Å²) in [6.45, 7) is 2.73. The van der Waals surface area contributed by atoms with Crippen molar-refractivity contribution >= 4 is 21.7 Å². The van der Waals surface area contributed by atoms with Crippen molar-refractivity contribution in [1.29, 1.82) is 0 Å². The largest absolute Gasteiger partial charge is 0.355 e. The van der Waals surface area contributed by atoms with Gasteiger partial charge in [0, 0.05) is 31.5 Å². The number of hydrogen-bond donors (Lipinski definition) is 0. The van der Waals surface area contributed by atoms with Gasteiger partial charge in [0.05, 0.1) is 5.69 Å². The second-order valence-electron chi connectivity index (χ2n) is 4.63. The van der Waals surface area contributed by atoms with Crippen LogP contribution in [0.1, 0.15) is 16.8 Å². The third-order valence-corrected chi connectivity index (χ3v) is 3.70. The van der Waals surface area contributed by atoms with Gasteiger partial charge in [0.25, 0.3) is 0 Å². The fourth-order valence-corrected chi connectivity index (χ4v) is 2.92. The first kappa shape index (κ1) is 14.1. The standard InChI is InChI=1S/C14H17BrFN3/c1-10-13(8-15)14(19(3)17-10)18(2)9-11-4-6-12(16)7-5-11/h4-7H,8-9H2,1-3H3. The van der Waals surface area contributed by atoms with Gasteiger partial charge in [0.15, 0.2) is 0 Å². The highest BCUT2D eigenvalue weighted by Gasteiger charge is 2.16. The van der Waals surface area contributed by atoms with Crippen molar-refractivity contribution in [3.63, 3.8) is 0 Å². The Kier molecular flexibility index (Phi) is 4.24. The predicted molar refractivity (Wildman–Crippen MR) is 79.1 cm³/mol. The molecule has 0 aliphatic heterocycles. The zero-order valence-electron chi connectivity index (χ0n) is 11.3. The Balaban J connectivity index is 2.24. The van der Waals surface area contributed by atoms with Gasteiger partial charge in [-0.1, -0.05) is 28.1 Å². The molecular formula is C14H17BrFN3. The number of alkyl halides is 1. The summed E-state index contributed by atoms with van der Waals surface area (Å²) < 4.78 is 14.8. The first-order chi connectivity index (χ1) is 9.02. The van der Waals surface area contributed by atoms with E-state index in [0.717, 1.165) is 29.0 Å². The van der Waals surface area contributed by atoms with Crippen molar-refractivity contribution in [2.75, 3.05) is 11.9 Å². The number of rotatable bonds is 4. The van der Waals surface area contributed by atoms with Gasteiger partial charge in [-0.2, -0.15) is 5.10 Å². The van der Waals surface area contributed by atoms with Gasteiger partial charge in [0.1, 0.15) is 11.6 Å². The van der Waals surface area contributed by atoms with E-state index in [1.165, 1.54) is 17.7 Å². The molecule has 102 valence electrons. The van der Waals surface area contributed by atoms with Crippen LogP contribution in [0.15, 0.2) is 24.3 Å². The molecule has 3 nitrogen and oxygen atoms in total. The van der Waals surface area contributed by atoms with Crippen LogP contribution < -0.4 is 4.90 Å². The van der Waals surface area contributed by atoms with E-state index in [0.29, 0.717) is 0 Å². The van der Waals surface area contributed by atoms with Gasteiger partial charge < -0.3 is 4.90 Å². The van der Waals surface area contributed by atoms with E-state index in [9.17, 15) is 4.39 Å². The van der Waals surface area contributed by atoms with Gasteiger partial charge in [0.2, 0.25) is 0 Å². The second-order valence-corrected chi connectivity index (χ2v) is 5.19. The van der Waals surface area contributed by atoms with Crippen LogP contribution in [0.25, 0.3) is 0 Å². The number of halogens is 2. The van der Waals surface area contributed by atoms with E-state index in [4.69, 9.17) is 0 Å². The third kappa shape index (κ3) is 2.97. The van der Waals surface area contributed by atoms with Gasteiger partial charge in [-0.25, -0.2) is 4.39 Å². The SMILES string of the molecule is Cc1nn(C)c(N(C)Cc2ccc(F)cc2)c1CBr. The lowest BCUT2D eigenvalue weighted by Crippen LogP contribution is -2.20. The lowest BCUT2D eigenvalue weighted by molar-refractivity contribution is 0.626. The summed E-state index contributed by atoms with van der Waals surface area (Å²) in [6.07, 6.45) is 0. The van der Waals surface area contributed by atoms with Crippen molar-refractivity contribution in [1.82, 2.24) is 9.78 Å². The maximum atomic E-state index is 12.9. The van der Waals surface area contributed by atoms with Gasteiger partial charge in [-0.05, 0) is 24.6 Å². The van der Waals surface area contributed by atoms with Crippen LogP contribution in [0.2, 0.25) is 0 Å². The number of hydrogen-bond acceptors (Lipinski definition) is 2. The molecule has 0 atom stereocenters. The maximum absolute atomic E-state index is 12.9. The van der Waals surface area contributed by atoms with Crippen molar-refractivity contribution in [3.05, 3.63) is 46.9 Å².